The van der Waals surface area contributed by atoms with Gasteiger partial charge in [0.1, 0.15) is 0 Å². The number of hydrogen-bond acceptors (Lipinski definition) is 2. The molecule has 0 saturated carbocycles. The number of benzene rings is 1. The van der Waals surface area contributed by atoms with Crippen LogP contribution in [0.15, 0.2) is 18.2 Å². The van der Waals surface area contributed by atoms with Crippen molar-refractivity contribution < 1.29 is 4.79 Å². The summed E-state index contributed by atoms with van der Waals surface area (Å²) in [6.07, 6.45) is 0.615. The molecule has 1 amide bonds. The lowest BCUT2D eigenvalue weighted by Crippen LogP contribution is -2.48. The maximum atomic E-state index is 11.6. The van der Waals surface area contributed by atoms with Gasteiger partial charge in [-0.3, -0.25) is 4.79 Å². The molecule has 0 spiro atoms. The van der Waals surface area contributed by atoms with Gasteiger partial charge in [-0.1, -0.05) is 32.9 Å². The lowest BCUT2D eigenvalue weighted by atomic mass is 10.1. The molecule has 20 heavy (non-hydrogen) atoms. The fraction of sp³-hybridized carbons (Fsp3) is 0.588. The van der Waals surface area contributed by atoms with Gasteiger partial charge in [-0.05, 0) is 31.0 Å². The summed E-state index contributed by atoms with van der Waals surface area (Å²) >= 11 is 0. The number of piperazine rings is 1. The molecule has 1 aliphatic heterocycles. The normalized spacial score (nSPS) is 14.7. The van der Waals surface area contributed by atoms with Crippen LogP contribution in [0.3, 0.4) is 0 Å². The SMILES string of the molecule is CC.CCC(=O)N1CCN(c2cccc(C)c2C)CC1. The summed E-state index contributed by atoms with van der Waals surface area (Å²) in [7, 11) is 0. The summed E-state index contributed by atoms with van der Waals surface area (Å²) in [5.74, 6) is 0.274. The van der Waals surface area contributed by atoms with Gasteiger partial charge in [0.15, 0.2) is 0 Å². The highest BCUT2D eigenvalue weighted by molar-refractivity contribution is 5.76. The molecule has 1 aromatic carbocycles. The molecule has 3 heteroatoms. The number of carbonyl (C=O) groups is 1. The summed E-state index contributed by atoms with van der Waals surface area (Å²) in [5, 5.41) is 0. The van der Waals surface area contributed by atoms with Crippen LogP contribution in [-0.2, 0) is 4.79 Å². The number of aryl methyl sites for hydroxylation is 1. The van der Waals surface area contributed by atoms with Crippen molar-refractivity contribution in [2.75, 3.05) is 31.1 Å². The van der Waals surface area contributed by atoms with Crippen LogP contribution in [0.5, 0.6) is 0 Å². The van der Waals surface area contributed by atoms with Crippen molar-refractivity contribution in [1.82, 2.24) is 4.90 Å². The minimum absolute atomic E-state index is 0.274. The number of amides is 1. The molecular formula is C17H28N2O. The van der Waals surface area contributed by atoms with Crippen molar-refractivity contribution in [3.8, 4) is 0 Å². The Kier molecular flexibility index (Phi) is 6.56. The molecule has 1 aliphatic rings. The molecule has 0 bridgehead atoms. The molecule has 0 atom stereocenters. The molecule has 1 fully saturated rings. The second kappa shape index (κ2) is 7.93. The van der Waals surface area contributed by atoms with E-state index in [2.05, 4.69) is 36.9 Å². The molecule has 0 aromatic heterocycles. The Labute approximate surface area is 123 Å². The van der Waals surface area contributed by atoms with E-state index in [9.17, 15) is 4.79 Å². The molecule has 3 nitrogen and oxygen atoms in total. The molecule has 0 unspecified atom stereocenters. The van der Waals surface area contributed by atoms with Crippen molar-refractivity contribution >= 4 is 11.6 Å². The third kappa shape index (κ3) is 3.75. The first kappa shape index (κ1) is 16.5. The predicted molar refractivity (Wildman–Crippen MR) is 86.3 cm³/mol. The van der Waals surface area contributed by atoms with Crippen LogP contribution in [0.1, 0.15) is 38.3 Å². The van der Waals surface area contributed by atoms with Gasteiger partial charge in [-0.2, -0.15) is 0 Å². The number of anilines is 1. The zero-order valence-electron chi connectivity index (χ0n) is 13.6. The molecule has 0 aliphatic carbocycles. The fourth-order valence-corrected chi connectivity index (χ4v) is 2.50. The average molecular weight is 276 g/mol. The molecule has 0 N–H and O–H groups in total. The minimum atomic E-state index is 0.274. The second-order valence-corrected chi connectivity index (χ2v) is 4.94. The first-order chi connectivity index (χ1) is 9.63. The topological polar surface area (TPSA) is 23.6 Å². The van der Waals surface area contributed by atoms with Gasteiger partial charge in [-0.25, -0.2) is 0 Å². The molecular weight excluding hydrogens is 248 g/mol. The molecule has 1 aromatic rings. The Morgan fingerprint density at radius 3 is 2.25 bits per heavy atom. The Bertz CT molecular complexity index is 435. The largest absolute Gasteiger partial charge is 0.368 e. The Morgan fingerprint density at radius 2 is 1.70 bits per heavy atom. The maximum Gasteiger partial charge on any atom is 0.222 e. The van der Waals surface area contributed by atoms with Gasteiger partial charge in [0.25, 0.3) is 0 Å². The summed E-state index contributed by atoms with van der Waals surface area (Å²) in [4.78, 5) is 16.0. The zero-order chi connectivity index (χ0) is 15.1. The fourth-order valence-electron chi connectivity index (χ4n) is 2.50. The van der Waals surface area contributed by atoms with Crippen LogP contribution in [0.2, 0.25) is 0 Å². The smallest absolute Gasteiger partial charge is 0.222 e. The maximum absolute atomic E-state index is 11.6. The molecule has 1 heterocycles. The van der Waals surface area contributed by atoms with Crippen LogP contribution in [-0.4, -0.2) is 37.0 Å². The number of rotatable bonds is 2. The van der Waals surface area contributed by atoms with Crippen LogP contribution in [0.25, 0.3) is 0 Å². The lowest BCUT2D eigenvalue weighted by Gasteiger charge is -2.37. The Hall–Kier alpha value is -1.51. The second-order valence-electron chi connectivity index (χ2n) is 4.94. The molecule has 0 radical (unpaired) electrons. The number of nitrogens with zero attached hydrogens (tertiary/aromatic N) is 2. The van der Waals surface area contributed by atoms with E-state index < -0.39 is 0 Å². The Balaban J connectivity index is 0.000000956. The van der Waals surface area contributed by atoms with Crippen molar-refractivity contribution in [3.05, 3.63) is 29.3 Å². The van der Waals surface area contributed by atoms with Gasteiger partial charge >= 0.3 is 0 Å². The molecule has 112 valence electrons. The standard InChI is InChI=1S/C15H22N2O.C2H6/c1-4-15(18)17-10-8-16(9-11-17)14-7-5-6-12(2)13(14)3;1-2/h5-7H,4,8-11H2,1-3H3;1-2H3. The summed E-state index contributed by atoms with van der Waals surface area (Å²) in [6, 6.07) is 6.44. The predicted octanol–water partition coefficient (Wildman–Crippen LogP) is 3.39. The Morgan fingerprint density at radius 1 is 1.10 bits per heavy atom. The van der Waals surface area contributed by atoms with Crippen LogP contribution >= 0.6 is 0 Å². The van der Waals surface area contributed by atoms with E-state index in [0.29, 0.717) is 6.42 Å². The van der Waals surface area contributed by atoms with Crippen molar-refractivity contribution in [2.45, 2.75) is 41.0 Å². The van der Waals surface area contributed by atoms with E-state index in [-0.39, 0.29) is 5.91 Å². The highest BCUT2D eigenvalue weighted by atomic mass is 16.2. The van der Waals surface area contributed by atoms with E-state index in [1.54, 1.807) is 0 Å². The molecule has 2 rings (SSSR count). The molecule has 1 saturated heterocycles. The van der Waals surface area contributed by atoms with Gasteiger partial charge in [-0.15, -0.1) is 0 Å². The quantitative estimate of drug-likeness (QED) is 0.826. The van der Waals surface area contributed by atoms with Crippen LogP contribution in [0, 0.1) is 13.8 Å². The number of hydrogen-bond donors (Lipinski definition) is 0. The summed E-state index contributed by atoms with van der Waals surface area (Å²) in [6.45, 7) is 13.8. The van der Waals surface area contributed by atoms with Crippen molar-refractivity contribution in [2.24, 2.45) is 0 Å². The monoisotopic (exact) mass is 276 g/mol. The van der Waals surface area contributed by atoms with Crippen molar-refractivity contribution in [3.63, 3.8) is 0 Å². The van der Waals surface area contributed by atoms with E-state index in [4.69, 9.17) is 0 Å². The summed E-state index contributed by atoms with van der Waals surface area (Å²) in [5.41, 5.74) is 4.01. The summed E-state index contributed by atoms with van der Waals surface area (Å²) < 4.78 is 0. The average Bonchev–Trinajstić information content (AvgIpc) is 2.51. The third-order valence-electron chi connectivity index (χ3n) is 3.85. The third-order valence-corrected chi connectivity index (χ3v) is 3.85. The van der Waals surface area contributed by atoms with E-state index in [1.807, 2.05) is 25.7 Å². The number of carbonyl (C=O) groups excluding carboxylic acids is 1. The van der Waals surface area contributed by atoms with Gasteiger partial charge in [0.05, 0.1) is 0 Å². The van der Waals surface area contributed by atoms with E-state index in [0.717, 1.165) is 26.2 Å². The van der Waals surface area contributed by atoms with Crippen LogP contribution < -0.4 is 4.90 Å². The van der Waals surface area contributed by atoms with E-state index in [1.165, 1.54) is 16.8 Å². The lowest BCUT2D eigenvalue weighted by molar-refractivity contribution is -0.131. The van der Waals surface area contributed by atoms with Gasteiger partial charge in [0, 0.05) is 38.3 Å². The first-order valence-corrected chi connectivity index (χ1v) is 7.72. The highest BCUT2D eigenvalue weighted by Crippen LogP contribution is 2.23. The zero-order valence-corrected chi connectivity index (χ0v) is 13.6. The minimum Gasteiger partial charge on any atom is -0.368 e. The van der Waals surface area contributed by atoms with Gasteiger partial charge in [0.2, 0.25) is 5.91 Å². The van der Waals surface area contributed by atoms with Crippen molar-refractivity contribution in [1.29, 1.82) is 0 Å². The first-order valence-electron chi connectivity index (χ1n) is 7.72. The van der Waals surface area contributed by atoms with Crippen LogP contribution in [0.4, 0.5) is 5.69 Å². The van der Waals surface area contributed by atoms with Gasteiger partial charge < -0.3 is 9.80 Å². The highest BCUT2D eigenvalue weighted by Gasteiger charge is 2.20. The van der Waals surface area contributed by atoms with E-state index >= 15 is 0 Å².